The number of hydrogen-bond donors (Lipinski definition) is 4. The van der Waals surface area contributed by atoms with Crippen LogP contribution in [0.3, 0.4) is 0 Å². The average Bonchev–Trinajstić information content (AvgIpc) is 3.72. The number of anilines is 2. The first kappa shape index (κ1) is 39.7. The number of hydrogen-bond acceptors (Lipinski definition) is 6. The van der Waals surface area contributed by atoms with Crippen molar-refractivity contribution in [2.75, 3.05) is 9.44 Å². The highest BCUT2D eigenvalue weighted by molar-refractivity contribution is 7.90. The van der Waals surface area contributed by atoms with E-state index in [1.54, 1.807) is 24.3 Å². The maximum Gasteiger partial charge on any atom is 0.435 e. The largest absolute Gasteiger partial charge is 0.435 e. The maximum atomic E-state index is 13.1. The van der Waals surface area contributed by atoms with E-state index in [9.17, 15) is 47.6 Å². The summed E-state index contributed by atoms with van der Waals surface area (Å²) < 4.78 is 142. The van der Waals surface area contributed by atoms with Gasteiger partial charge in [0.2, 0.25) is 0 Å². The minimum atomic E-state index is -4.67. The summed E-state index contributed by atoms with van der Waals surface area (Å²) in [6, 6.07) is 23.9. The number of alkyl halides is 6. The van der Waals surface area contributed by atoms with E-state index in [0.717, 1.165) is 33.6 Å². The molecule has 0 atom stereocenters. The average molecular weight is 817 g/mol. The van der Waals surface area contributed by atoms with Gasteiger partial charge in [-0.15, -0.1) is 0 Å². The van der Waals surface area contributed by atoms with Gasteiger partial charge in [0, 0.05) is 27.5 Å². The molecule has 0 aliphatic carbocycles. The highest BCUT2D eigenvalue weighted by atomic mass is 35.5. The number of halogens is 8. The van der Waals surface area contributed by atoms with Gasteiger partial charge in [0.1, 0.15) is 5.82 Å². The summed E-state index contributed by atoms with van der Waals surface area (Å²) in [5.41, 5.74) is -0.237. The van der Waals surface area contributed by atoms with Gasteiger partial charge in [0.25, 0.3) is 20.4 Å². The summed E-state index contributed by atoms with van der Waals surface area (Å²) in [6.45, 7) is 0. The van der Waals surface area contributed by atoms with Crippen LogP contribution in [0, 0.1) is 5.82 Å². The smallest absolute Gasteiger partial charge is 0.271 e. The molecule has 2 heterocycles. The second kappa shape index (κ2) is 15.1. The molecule has 0 saturated heterocycles. The van der Waals surface area contributed by atoms with Gasteiger partial charge in [0.05, 0.1) is 22.8 Å². The van der Waals surface area contributed by atoms with Crippen LogP contribution < -0.4 is 19.7 Å². The Kier molecular flexibility index (Phi) is 11.1. The van der Waals surface area contributed by atoms with Crippen molar-refractivity contribution in [1.29, 1.82) is 0 Å². The summed E-state index contributed by atoms with van der Waals surface area (Å²) >= 11 is 5.84. The molecule has 0 saturated carbocycles. The molecule has 0 radical (unpaired) electrons. The molecule has 284 valence electrons. The SMILES string of the molecule is NS(=O)(=O)Nc1ccc(-n2nc(C(F)(F)F)cc2-c2ccc(Cl)cc2)cc1.NS(=O)(=O)Nc1ccc(-n2nc(C(F)(F)F)cc2-c2ccc(F)cc2)cc1. The van der Waals surface area contributed by atoms with Crippen molar-refractivity contribution < 1.29 is 47.6 Å². The fourth-order valence-electron chi connectivity index (χ4n) is 4.76. The third-order valence-corrected chi connectivity index (χ3v) is 8.32. The standard InChI is InChI=1S/C16H12ClF3N4O2S.C16H12F4N4O2S/c2*17-11-3-1-10(2-4-11)14-9-15(16(18,19)20)22-24(14)13-7-5-12(6-8-13)23-27(21,25)26/h2*1-9,23H,(H2,21,25,26). The molecule has 0 aliphatic heterocycles. The van der Waals surface area contributed by atoms with E-state index in [4.69, 9.17) is 21.9 Å². The topological polar surface area (TPSA) is 180 Å². The summed E-state index contributed by atoms with van der Waals surface area (Å²) in [5, 5.41) is 17.4. The predicted octanol–water partition coefficient (Wildman–Crippen LogP) is 7.14. The molecule has 4 aromatic carbocycles. The van der Waals surface area contributed by atoms with Gasteiger partial charge in [-0.2, -0.15) is 53.4 Å². The molecule has 0 bridgehead atoms. The summed E-state index contributed by atoms with van der Waals surface area (Å²) in [4.78, 5) is 0. The summed E-state index contributed by atoms with van der Waals surface area (Å²) in [7, 11) is -7.94. The Bertz CT molecular complexity index is 2300. The van der Waals surface area contributed by atoms with Crippen LogP contribution in [0.5, 0.6) is 0 Å². The molecule has 2 aromatic heterocycles. The molecule has 6 aromatic rings. The van der Waals surface area contributed by atoms with Crippen molar-refractivity contribution in [2.24, 2.45) is 10.3 Å². The number of rotatable bonds is 8. The van der Waals surface area contributed by atoms with E-state index in [0.29, 0.717) is 21.8 Å². The van der Waals surface area contributed by atoms with E-state index >= 15 is 0 Å². The monoisotopic (exact) mass is 816 g/mol. The fourth-order valence-corrected chi connectivity index (χ4v) is 5.81. The van der Waals surface area contributed by atoms with Gasteiger partial charge < -0.3 is 0 Å². The zero-order chi connectivity index (χ0) is 39.6. The number of nitrogens with zero attached hydrogens (tertiary/aromatic N) is 4. The number of benzene rings is 4. The molecule has 0 fully saturated rings. The highest BCUT2D eigenvalue weighted by Crippen LogP contribution is 2.35. The van der Waals surface area contributed by atoms with Crippen LogP contribution in [0.15, 0.2) is 109 Å². The van der Waals surface area contributed by atoms with E-state index in [1.165, 1.54) is 60.7 Å². The molecule has 0 spiro atoms. The minimum absolute atomic E-state index is 0.0921. The first-order valence-corrected chi connectivity index (χ1v) is 18.2. The Morgan fingerprint density at radius 2 is 0.889 bits per heavy atom. The lowest BCUT2D eigenvalue weighted by Crippen LogP contribution is -2.21. The van der Waals surface area contributed by atoms with Gasteiger partial charge >= 0.3 is 12.4 Å². The van der Waals surface area contributed by atoms with Gasteiger partial charge in [-0.25, -0.2) is 24.0 Å². The van der Waals surface area contributed by atoms with E-state index in [-0.39, 0.29) is 28.5 Å². The Balaban J connectivity index is 0.000000208. The molecule has 22 heteroatoms. The zero-order valence-corrected chi connectivity index (χ0v) is 29.2. The van der Waals surface area contributed by atoms with Crippen molar-refractivity contribution in [1.82, 2.24) is 19.6 Å². The molecular formula is C32H24ClF7N8O4S2. The van der Waals surface area contributed by atoms with Crippen LogP contribution >= 0.6 is 11.6 Å². The lowest BCUT2D eigenvalue weighted by Gasteiger charge is -2.09. The van der Waals surface area contributed by atoms with Crippen molar-refractivity contribution >= 4 is 43.4 Å². The molecule has 0 unspecified atom stereocenters. The van der Waals surface area contributed by atoms with Crippen LogP contribution in [0.25, 0.3) is 33.9 Å². The Morgan fingerprint density at radius 3 is 1.20 bits per heavy atom. The Morgan fingerprint density at radius 1 is 0.556 bits per heavy atom. The van der Waals surface area contributed by atoms with Crippen LogP contribution in [-0.4, -0.2) is 36.4 Å². The molecular weight excluding hydrogens is 793 g/mol. The van der Waals surface area contributed by atoms with E-state index < -0.39 is 50.0 Å². The maximum absolute atomic E-state index is 13.1. The number of nitrogens with one attached hydrogen (secondary N) is 2. The third-order valence-electron chi connectivity index (χ3n) is 7.02. The van der Waals surface area contributed by atoms with Crippen LogP contribution in [-0.2, 0) is 32.8 Å². The predicted molar refractivity (Wildman–Crippen MR) is 186 cm³/mol. The first-order valence-electron chi connectivity index (χ1n) is 14.7. The molecule has 0 aliphatic rings. The minimum Gasteiger partial charge on any atom is -0.271 e. The molecule has 0 amide bonds. The van der Waals surface area contributed by atoms with E-state index in [1.807, 2.05) is 4.72 Å². The van der Waals surface area contributed by atoms with Gasteiger partial charge in [-0.3, -0.25) is 9.44 Å². The molecule has 54 heavy (non-hydrogen) atoms. The first-order chi connectivity index (χ1) is 25.1. The van der Waals surface area contributed by atoms with Crippen molar-refractivity contribution in [3.05, 3.63) is 131 Å². The third kappa shape index (κ3) is 10.3. The van der Waals surface area contributed by atoms with Crippen LogP contribution in [0.4, 0.5) is 42.1 Å². The van der Waals surface area contributed by atoms with Gasteiger partial charge in [0.15, 0.2) is 11.4 Å². The lowest BCUT2D eigenvalue weighted by molar-refractivity contribution is -0.142. The van der Waals surface area contributed by atoms with Crippen molar-refractivity contribution in [2.45, 2.75) is 12.4 Å². The fraction of sp³-hybridized carbons (Fsp3) is 0.0625. The highest BCUT2D eigenvalue weighted by Gasteiger charge is 2.36. The van der Waals surface area contributed by atoms with Crippen LogP contribution in [0.1, 0.15) is 11.4 Å². The van der Waals surface area contributed by atoms with Gasteiger partial charge in [-0.1, -0.05) is 23.7 Å². The molecule has 12 nitrogen and oxygen atoms in total. The molecule has 6 rings (SSSR count). The van der Waals surface area contributed by atoms with E-state index in [2.05, 4.69) is 14.9 Å². The second-order valence-electron chi connectivity index (χ2n) is 11.1. The van der Waals surface area contributed by atoms with Crippen molar-refractivity contribution in [3.8, 4) is 33.9 Å². The summed E-state index contributed by atoms with van der Waals surface area (Å²) in [6.07, 6.45) is -9.29. The normalized spacial score (nSPS) is 12.2. The lowest BCUT2D eigenvalue weighted by atomic mass is 10.1. The van der Waals surface area contributed by atoms with Crippen LogP contribution in [0.2, 0.25) is 5.02 Å². The summed E-state index contributed by atoms with van der Waals surface area (Å²) in [5.74, 6) is -0.528. The number of aromatic nitrogens is 4. The Labute approximate surface area is 307 Å². The quantitative estimate of drug-likeness (QED) is 0.119. The Hall–Kier alpha value is -5.48. The van der Waals surface area contributed by atoms with Gasteiger partial charge in [-0.05, 0) is 97.1 Å². The number of nitrogens with two attached hydrogens (primary N) is 2. The van der Waals surface area contributed by atoms with Crippen molar-refractivity contribution in [3.63, 3.8) is 0 Å². The second-order valence-corrected chi connectivity index (χ2v) is 14.1. The zero-order valence-electron chi connectivity index (χ0n) is 26.8. The molecule has 6 N–H and O–H groups in total.